The first-order valence-electron chi connectivity index (χ1n) is 13.6. The van der Waals surface area contributed by atoms with Crippen LogP contribution in [0.15, 0.2) is 96.9 Å². The molecular formula is C33H43N3. The van der Waals surface area contributed by atoms with Crippen LogP contribution in [0.2, 0.25) is 0 Å². The molecule has 5 aliphatic rings. The van der Waals surface area contributed by atoms with E-state index < -0.39 is 0 Å². The second-order valence-corrected chi connectivity index (χ2v) is 12.2. The maximum absolute atomic E-state index is 6.77. The average molecular weight is 482 g/mol. The van der Waals surface area contributed by atoms with Gasteiger partial charge in [0.15, 0.2) is 0 Å². The van der Waals surface area contributed by atoms with E-state index in [0.29, 0.717) is 11.6 Å². The largest absolute Gasteiger partial charge is 0.402 e. The summed E-state index contributed by atoms with van der Waals surface area (Å²) in [6.07, 6.45) is 9.93. The zero-order chi connectivity index (χ0) is 26.1. The molecule has 3 atom stereocenters. The minimum absolute atomic E-state index is 0.0520. The summed E-state index contributed by atoms with van der Waals surface area (Å²) in [5.74, 6) is 0.784. The van der Waals surface area contributed by atoms with E-state index >= 15 is 0 Å². The maximum atomic E-state index is 6.77. The monoisotopic (exact) mass is 481 g/mol. The van der Waals surface area contributed by atoms with Crippen molar-refractivity contribution in [3.8, 4) is 0 Å². The molecule has 0 amide bonds. The van der Waals surface area contributed by atoms with Crippen LogP contribution in [0.5, 0.6) is 0 Å². The lowest BCUT2D eigenvalue weighted by Crippen LogP contribution is -2.44. The van der Waals surface area contributed by atoms with Crippen LogP contribution < -0.4 is 11.5 Å². The van der Waals surface area contributed by atoms with Crippen molar-refractivity contribution in [2.45, 2.75) is 79.6 Å². The first-order chi connectivity index (χ1) is 17.0. The molecule has 0 bridgehead atoms. The number of hydrogen-bond donors (Lipinski definition) is 2. The lowest BCUT2D eigenvalue weighted by molar-refractivity contribution is 0.229. The minimum Gasteiger partial charge on any atom is -0.402 e. The molecule has 0 spiro atoms. The Morgan fingerprint density at radius 3 is 2.42 bits per heavy atom. The molecule has 0 aromatic heterocycles. The van der Waals surface area contributed by atoms with E-state index in [1.165, 1.54) is 44.6 Å². The van der Waals surface area contributed by atoms with Gasteiger partial charge in [-0.15, -0.1) is 0 Å². The van der Waals surface area contributed by atoms with Crippen molar-refractivity contribution in [3.05, 3.63) is 91.9 Å². The molecule has 0 aromatic rings. The first kappa shape index (κ1) is 24.9. The quantitative estimate of drug-likeness (QED) is 0.428. The Hall–Kier alpha value is -2.81. The van der Waals surface area contributed by atoms with E-state index in [-0.39, 0.29) is 11.3 Å². The number of nitrogens with two attached hydrogens (primary N) is 2. The molecule has 1 saturated carbocycles. The lowest BCUT2D eigenvalue weighted by atomic mass is 9.51. The van der Waals surface area contributed by atoms with Gasteiger partial charge in [0.2, 0.25) is 0 Å². The third-order valence-electron chi connectivity index (χ3n) is 9.78. The summed E-state index contributed by atoms with van der Waals surface area (Å²) in [4.78, 5) is 4.80. The fraction of sp³-hybridized carbons (Fsp3) is 0.485. The van der Waals surface area contributed by atoms with Crippen LogP contribution in [0.4, 0.5) is 0 Å². The Balaban J connectivity index is 1.67. The normalized spacial score (nSPS) is 32.1. The van der Waals surface area contributed by atoms with Gasteiger partial charge in [0.25, 0.3) is 0 Å². The van der Waals surface area contributed by atoms with Crippen LogP contribution in [0.25, 0.3) is 0 Å². The van der Waals surface area contributed by atoms with Crippen LogP contribution in [0.1, 0.15) is 79.6 Å². The van der Waals surface area contributed by atoms with E-state index in [1.54, 1.807) is 5.57 Å². The number of hydrogen-bond acceptors (Lipinski definition) is 3. The number of allylic oxidation sites excluding steroid dienone is 13. The molecule has 0 aromatic carbocycles. The lowest BCUT2D eigenvalue weighted by Gasteiger charge is -2.52. The molecule has 0 heterocycles. The van der Waals surface area contributed by atoms with Crippen LogP contribution in [-0.2, 0) is 0 Å². The van der Waals surface area contributed by atoms with Crippen molar-refractivity contribution in [3.63, 3.8) is 0 Å². The zero-order valence-corrected chi connectivity index (χ0v) is 23.2. The SMILES string of the molecule is C=C(N)C1=C(C)CC2CC3(C)CC4=C(C5=CC(C)=C(C)CC5)CCC(N)=C4C(=C)C3=C(C)C2C1=NC. The number of nitrogens with zero attached hydrogens (tertiary/aromatic N) is 1. The summed E-state index contributed by atoms with van der Waals surface area (Å²) in [5, 5.41) is 0. The smallest absolute Gasteiger partial charge is 0.0511 e. The first-order valence-corrected chi connectivity index (χ1v) is 13.6. The average Bonchev–Trinajstić information content (AvgIpc) is 2.79. The summed E-state index contributed by atoms with van der Waals surface area (Å²) in [6, 6.07) is 0. The van der Waals surface area contributed by atoms with Gasteiger partial charge in [-0.2, -0.15) is 0 Å². The molecule has 0 radical (unpaired) electrons. The summed E-state index contributed by atoms with van der Waals surface area (Å²) in [7, 11) is 1.90. The third kappa shape index (κ3) is 3.57. The van der Waals surface area contributed by atoms with Gasteiger partial charge in [-0.25, -0.2) is 0 Å². The molecule has 0 aliphatic heterocycles. The summed E-state index contributed by atoms with van der Waals surface area (Å²) in [6.45, 7) is 20.4. The van der Waals surface area contributed by atoms with Gasteiger partial charge in [0.05, 0.1) is 5.71 Å². The van der Waals surface area contributed by atoms with E-state index in [2.05, 4.69) is 47.3 Å². The molecule has 1 fully saturated rings. The highest BCUT2D eigenvalue weighted by Gasteiger charge is 2.50. The molecule has 190 valence electrons. The molecule has 3 nitrogen and oxygen atoms in total. The fourth-order valence-electron chi connectivity index (χ4n) is 8.26. The number of fused-ring (bicyclic) bond motifs is 3. The van der Waals surface area contributed by atoms with Gasteiger partial charge >= 0.3 is 0 Å². The van der Waals surface area contributed by atoms with Crippen molar-refractivity contribution in [1.29, 1.82) is 0 Å². The standard InChI is InChI=1S/C33H43N3/c1-17-9-10-23(13-18(17)2)25-11-12-27(35)30-21(5)31-20(4)29-24(15-33(31,7)16-26(25)30)14-19(3)28(22(6)34)32(29)36-8/h13,24,29H,5-6,9-12,14-16,34-35H2,1-4,7-8H3. The Kier molecular flexibility index (Phi) is 5.97. The van der Waals surface area contributed by atoms with Crippen LogP contribution >= 0.6 is 0 Å². The van der Waals surface area contributed by atoms with Gasteiger partial charge in [0.1, 0.15) is 0 Å². The summed E-state index contributed by atoms with van der Waals surface area (Å²) < 4.78 is 0. The molecule has 3 heteroatoms. The molecule has 36 heavy (non-hydrogen) atoms. The second-order valence-electron chi connectivity index (χ2n) is 12.2. The predicted molar refractivity (Wildman–Crippen MR) is 153 cm³/mol. The fourth-order valence-corrected chi connectivity index (χ4v) is 8.26. The Morgan fingerprint density at radius 2 is 1.78 bits per heavy atom. The molecule has 5 rings (SSSR count). The zero-order valence-electron chi connectivity index (χ0n) is 23.2. The molecule has 5 aliphatic carbocycles. The van der Waals surface area contributed by atoms with Crippen molar-refractivity contribution in [2.24, 2.45) is 33.7 Å². The van der Waals surface area contributed by atoms with Crippen molar-refractivity contribution in [1.82, 2.24) is 0 Å². The van der Waals surface area contributed by atoms with E-state index in [1.807, 2.05) is 7.05 Å². The van der Waals surface area contributed by atoms with E-state index in [0.717, 1.165) is 67.5 Å². The maximum Gasteiger partial charge on any atom is 0.0511 e. The Labute approximate surface area is 217 Å². The Morgan fingerprint density at radius 1 is 1.06 bits per heavy atom. The van der Waals surface area contributed by atoms with E-state index in [9.17, 15) is 0 Å². The number of aliphatic imine (C=N–C) groups is 1. The van der Waals surface area contributed by atoms with Gasteiger partial charge in [-0.3, -0.25) is 4.99 Å². The molecule has 0 saturated heterocycles. The van der Waals surface area contributed by atoms with Gasteiger partial charge in [-0.1, -0.05) is 48.5 Å². The molecule has 3 unspecified atom stereocenters. The Bertz CT molecular complexity index is 1320. The molecule has 4 N–H and O–H groups in total. The molecular weight excluding hydrogens is 438 g/mol. The highest BCUT2D eigenvalue weighted by Crippen LogP contribution is 2.61. The van der Waals surface area contributed by atoms with Gasteiger partial charge in [-0.05, 0) is 112 Å². The second kappa shape index (κ2) is 8.64. The van der Waals surface area contributed by atoms with Crippen molar-refractivity contribution in [2.75, 3.05) is 7.05 Å². The predicted octanol–water partition coefficient (Wildman–Crippen LogP) is 7.53. The van der Waals surface area contributed by atoms with Gasteiger partial charge in [0, 0.05) is 35.5 Å². The minimum atomic E-state index is 0.0520. The highest BCUT2D eigenvalue weighted by molar-refractivity contribution is 6.08. The topological polar surface area (TPSA) is 64.4 Å². The highest BCUT2D eigenvalue weighted by atomic mass is 14.7. The summed E-state index contributed by atoms with van der Waals surface area (Å²) in [5.41, 5.74) is 31.0. The van der Waals surface area contributed by atoms with E-state index in [4.69, 9.17) is 23.0 Å². The number of rotatable bonds is 2. The van der Waals surface area contributed by atoms with Crippen LogP contribution in [0, 0.1) is 17.3 Å². The third-order valence-corrected chi connectivity index (χ3v) is 9.78. The van der Waals surface area contributed by atoms with Crippen molar-refractivity contribution < 1.29 is 0 Å². The summed E-state index contributed by atoms with van der Waals surface area (Å²) >= 11 is 0. The van der Waals surface area contributed by atoms with Crippen LogP contribution in [-0.4, -0.2) is 12.8 Å². The van der Waals surface area contributed by atoms with Crippen LogP contribution in [0.3, 0.4) is 0 Å². The van der Waals surface area contributed by atoms with Crippen molar-refractivity contribution >= 4 is 5.71 Å². The van der Waals surface area contributed by atoms with Gasteiger partial charge < -0.3 is 11.5 Å².